The number of hydrogen-bond acceptors (Lipinski definition) is 7. The molecule has 0 fully saturated rings. The first-order chi connectivity index (χ1) is 18.8. The van der Waals surface area contributed by atoms with Gasteiger partial charge in [-0.05, 0) is 29.8 Å². The summed E-state index contributed by atoms with van der Waals surface area (Å²) in [6.07, 6.45) is 10.5. The molecule has 6 aromatic heterocycles. The lowest BCUT2D eigenvalue weighted by atomic mass is 10.1. The van der Waals surface area contributed by atoms with Gasteiger partial charge in [0.2, 0.25) is 0 Å². The molecule has 2 N–H and O–H groups in total. The summed E-state index contributed by atoms with van der Waals surface area (Å²) >= 11 is 0. The molecular weight excluding hydrogens is 476 g/mol. The van der Waals surface area contributed by atoms with Crippen LogP contribution in [0.5, 0.6) is 5.75 Å². The maximum absolute atomic E-state index is 5.97. The number of ether oxygens (including phenoxy) is 1. The predicted octanol–water partition coefficient (Wildman–Crippen LogP) is 5.60. The van der Waals surface area contributed by atoms with Gasteiger partial charge in [-0.25, -0.2) is 4.98 Å². The van der Waals surface area contributed by atoms with Crippen LogP contribution >= 0.6 is 0 Å². The first-order valence-electron chi connectivity index (χ1n) is 12.0. The highest BCUT2D eigenvalue weighted by atomic mass is 16.5. The minimum absolute atomic E-state index is 0.464. The molecule has 0 saturated heterocycles. The largest absolute Gasteiger partial charge is 0.487 e. The molecule has 0 aliphatic rings. The highest BCUT2D eigenvalue weighted by Gasteiger charge is 2.17. The molecule has 7 rings (SSSR count). The predicted molar refractivity (Wildman–Crippen MR) is 144 cm³/mol. The Labute approximate surface area is 216 Å². The topological polar surface area (TPSA) is 118 Å². The van der Waals surface area contributed by atoms with Gasteiger partial charge in [0.15, 0.2) is 5.82 Å². The van der Waals surface area contributed by atoms with E-state index in [1.165, 1.54) is 0 Å². The number of nitrogens with zero attached hydrogens (tertiary/aromatic N) is 6. The Balaban J connectivity index is 1.24. The van der Waals surface area contributed by atoms with E-state index in [1.54, 1.807) is 37.2 Å². The van der Waals surface area contributed by atoms with Crippen LogP contribution in [0.25, 0.3) is 56.0 Å². The number of aromatic amines is 2. The van der Waals surface area contributed by atoms with Crippen molar-refractivity contribution in [1.29, 1.82) is 0 Å². The zero-order valence-corrected chi connectivity index (χ0v) is 20.0. The van der Waals surface area contributed by atoms with Gasteiger partial charge in [-0.1, -0.05) is 36.4 Å². The van der Waals surface area contributed by atoms with Crippen LogP contribution in [0.3, 0.4) is 0 Å². The van der Waals surface area contributed by atoms with Crippen LogP contribution in [0.1, 0.15) is 5.56 Å². The second kappa shape index (κ2) is 9.21. The molecule has 9 nitrogen and oxygen atoms in total. The van der Waals surface area contributed by atoms with Crippen molar-refractivity contribution in [3.05, 3.63) is 103 Å². The molecule has 0 unspecified atom stereocenters. The van der Waals surface area contributed by atoms with Crippen molar-refractivity contribution in [2.45, 2.75) is 6.61 Å². The van der Waals surface area contributed by atoms with Crippen LogP contribution in [0.2, 0.25) is 0 Å². The summed E-state index contributed by atoms with van der Waals surface area (Å²) in [4.78, 5) is 26.1. The maximum atomic E-state index is 5.97. The minimum atomic E-state index is 0.464. The van der Waals surface area contributed by atoms with Gasteiger partial charge in [0.1, 0.15) is 23.6 Å². The highest BCUT2D eigenvalue weighted by molar-refractivity contribution is 5.97. The molecule has 182 valence electrons. The molecule has 0 atom stereocenters. The lowest BCUT2D eigenvalue weighted by Crippen LogP contribution is -1.96. The Kier molecular flexibility index (Phi) is 5.29. The summed E-state index contributed by atoms with van der Waals surface area (Å²) in [6, 6.07) is 19.7. The van der Waals surface area contributed by atoms with Crippen LogP contribution in [0.15, 0.2) is 97.8 Å². The molecule has 38 heavy (non-hydrogen) atoms. The molecule has 1 aromatic carbocycles. The number of rotatable bonds is 6. The van der Waals surface area contributed by atoms with Gasteiger partial charge in [-0.15, -0.1) is 0 Å². The summed E-state index contributed by atoms with van der Waals surface area (Å²) < 4.78 is 5.97. The zero-order valence-electron chi connectivity index (χ0n) is 20.0. The van der Waals surface area contributed by atoms with E-state index in [-0.39, 0.29) is 0 Å². The Morgan fingerprint density at radius 2 is 1.66 bits per heavy atom. The SMILES string of the molecule is c1ccc(COc2cncc(-c3cc4c(-c5nc6c(-c7ccccn7)cncc6[nH]5)n[nH]c4cn3)c2)cc1. The van der Waals surface area contributed by atoms with E-state index in [2.05, 4.69) is 35.1 Å². The molecule has 0 spiro atoms. The first kappa shape index (κ1) is 21.8. The van der Waals surface area contributed by atoms with Crippen LogP contribution in [0.4, 0.5) is 0 Å². The van der Waals surface area contributed by atoms with Gasteiger partial charge in [0.25, 0.3) is 0 Å². The van der Waals surface area contributed by atoms with Crippen molar-refractivity contribution in [3.63, 3.8) is 0 Å². The van der Waals surface area contributed by atoms with E-state index >= 15 is 0 Å². The summed E-state index contributed by atoms with van der Waals surface area (Å²) in [7, 11) is 0. The third-order valence-electron chi connectivity index (χ3n) is 6.26. The van der Waals surface area contributed by atoms with E-state index in [1.807, 2.05) is 60.7 Å². The second-order valence-corrected chi connectivity index (χ2v) is 8.75. The average Bonchev–Trinajstić information content (AvgIpc) is 3.61. The standard InChI is InChI=1S/C29H20N8O/c1-2-6-18(7-3-1)17-38-20-10-19(12-30-13-20)24-11-21-25(16-33-24)36-37-28(21)29-34-26-15-31-14-22(27(26)35-29)23-8-4-5-9-32-23/h1-16H,17H2,(H,34,35)(H,36,37). The van der Waals surface area contributed by atoms with Crippen molar-refractivity contribution >= 4 is 21.9 Å². The average molecular weight is 497 g/mol. The molecule has 0 aliphatic carbocycles. The number of nitrogens with one attached hydrogen (secondary N) is 2. The lowest BCUT2D eigenvalue weighted by molar-refractivity contribution is 0.305. The number of benzene rings is 1. The van der Waals surface area contributed by atoms with E-state index in [0.29, 0.717) is 23.9 Å². The van der Waals surface area contributed by atoms with Gasteiger partial charge < -0.3 is 9.72 Å². The Morgan fingerprint density at radius 3 is 2.55 bits per heavy atom. The molecule has 7 aromatic rings. The molecule has 9 heteroatoms. The Hall–Kier alpha value is -5.44. The van der Waals surface area contributed by atoms with Crippen LogP contribution < -0.4 is 4.74 Å². The van der Waals surface area contributed by atoms with Crippen LogP contribution in [0, 0.1) is 0 Å². The number of fused-ring (bicyclic) bond motifs is 2. The van der Waals surface area contributed by atoms with Gasteiger partial charge >= 0.3 is 0 Å². The van der Waals surface area contributed by atoms with Crippen molar-refractivity contribution in [1.82, 2.24) is 40.1 Å². The van der Waals surface area contributed by atoms with Crippen LogP contribution in [-0.2, 0) is 6.61 Å². The van der Waals surface area contributed by atoms with Crippen molar-refractivity contribution in [2.75, 3.05) is 0 Å². The van der Waals surface area contributed by atoms with E-state index in [4.69, 9.17) is 9.72 Å². The molecule has 0 saturated carbocycles. The number of pyridine rings is 4. The van der Waals surface area contributed by atoms with Gasteiger partial charge in [-0.3, -0.25) is 25.0 Å². The Bertz CT molecular complexity index is 1880. The van der Waals surface area contributed by atoms with Crippen molar-refractivity contribution in [2.24, 2.45) is 0 Å². The fourth-order valence-electron chi connectivity index (χ4n) is 4.39. The molecule has 0 bridgehead atoms. The maximum Gasteiger partial charge on any atom is 0.159 e. The third kappa shape index (κ3) is 4.01. The number of aromatic nitrogens is 8. The Morgan fingerprint density at radius 1 is 0.763 bits per heavy atom. The lowest BCUT2D eigenvalue weighted by Gasteiger charge is -2.08. The monoisotopic (exact) mass is 496 g/mol. The third-order valence-corrected chi connectivity index (χ3v) is 6.26. The quantitative estimate of drug-likeness (QED) is 0.308. The van der Waals surface area contributed by atoms with Gasteiger partial charge in [0, 0.05) is 35.1 Å². The van der Waals surface area contributed by atoms with E-state index in [9.17, 15) is 0 Å². The molecule has 0 amide bonds. The first-order valence-corrected chi connectivity index (χ1v) is 12.0. The summed E-state index contributed by atoms with van der Waals surface area (Å²) in [6.45, 7) is 0.464. The normalized spacial score (nSPS) is 11.3. The molecule has 0 radical (unpaired) electrons. The zero-order chi connectivity index (χ0) is 25.3. The minimum Gasteiger partial charge on any atom is -0.487 e. The molecule has 0 aliphatic heterocycles. The summed E-state index contributed by atoms with van der Waals surface area (Å²) in [5, 5.41) is 8.49. The van der Waals surface area contributed by atoms with E-state index < -0.39 is 0 Å². The summed E-state index contributed by atoms with van der Waals surface area (Å²) in [5.74, 6) is 1.30. The highest BCUT2D eigenvalue weighted by Crippen LogP contribution is 2.32. The molecule has 6 heterocycles. The summed E-state index contributed by atoms with van der Waals surface area (Å²) in [5.41, 5.74) is 7.43. The smallest absolute Gasteiger partial charge is 0.159 e. The van der Waals surface area contributed by atoms with E-state index in [0.717, 1.165) is 50.0 Å². The van der Waals surface area contributed by atoms with Crippen molar-refractivity contribution < 1.29 is 4.74 Å². The molecular formula is C29H20N8O. The fraction of sp³-hybridized carbons (Fsp3) is 0.0345. The number of hydrogen-bond donors (Lipinski definition) is 2. The van der Waals surface area contributed by atoms with Gasteiger partial charge in [0.05, 0.1) is 41.0 Å². The fourth-order valence-corrected chi connectivity index (χ4v) is 4.39. The second-order valence-electron chi connectivity index (χ2n) is 8.75. The van der Waals surface area contributed by atoms with Crippen molar-refractivity contribution in [3.8, 4) is 39.8 Å². The number of imidazole rings is 1. The van der Waals surface area contributed by atoms with Crippen LogP contribution in [-0.4, -0.2) is 40.1 Å². The van der Waals surface area contributed by atoms with Gasteiger partial charge in [-0.2, -0.15) is 5.10 Å². The number of H-pyrrole nitrogens is 2.